The highest BCUT2D eigenvalue weighted by Gasteiger charge is 2.53. The fraction of sp³-hybridized carbons (Fsp3) is 0.541. The van der Waals surface area contributed by atoms with E-state index < -0.39 is 82.7 Å². The highest BCUT2D eigenvalue weighted by molar-refractivity contribution is 8.00. The van der Waals surface area contributed by atoms with Crippen LogP contribution in [0.15, 0.2) is 54.6 Å². The van der Waals surface area contributed by atoms with Crippen molar-refractivity contribution in [1.29, 1.82) is 0 Å². The van der Waals surface area contributed by atoms with Gasteiger partial charge in [-0.2, -0.15) is 0 Å². The van der Waals surface area contributed by atoms with Crippen molar-refractivity contribution in [2.24, 2.45) is 17.8 Å². The Hall–Kier alpha value is -4.06. The van der Waals surface area contributed by atoms with Crippen LogP contribution in [0.2, 0.25) is 0 Å². The van der Waals surface area contributed by atoms with E-state index in [0.29, 0.717) is 11.3 Å². The van der Waals surface area contributed by atoms with E-state index in [1.807, 2.05) is 20.8 Å². The van der Waals surface area contributed by atoms with Crippen LogP contribution < -0.4 is 10.1 Å². The average Bonchev–Trinajstić information content (AvgIpc) is 3.04. The summed E-state index contributed by atoms with van der Waals surface area (Å²) in [6.45, 7) is 15.5. The van der Waals surface area contributed by atoms with Gasteiger partial charge in [0.15, 0.2) is 18.3 Å². The van der Waals surface area contributed by atoms with Crippen LogP contribution in [0.25, 0.3) is 0 Å². The summed E-state index contributed by atoms with van der Waals surface area (Å²) in [7, 11) is 1.53. The molecule has 2 aromatic rings. The monoisotopic (exact) mass is 698 g/mol. The van der Waals surface area contributed by atoms with Crippen LogP contribution in [0.4, 0.5) is 0 Å². The first-order chi connectivity index (χ1) is 22.9. The molecular formula is C37H50N2O9S. The SMILES string of the molecule is COc1ccc([C@H](C(=O)NC(C)(C)C)N(C(=O)c2ccccc2)[C@@H]2SC[C@@H](OC(=O)C(C)C)[C@H](OC(=O)C(C)C)[C@H]2OC(=O)C(C)C)cc1. The minimum atomic E-state index is -1.34. The molecule has 0 saturated carbocycles. The molecule has 49 heavy (non-hydrogen) atoms. The Balaban J connectivity index is 2.33. The van der Waals surface area contributed by atoms with Crippen LogP contribution >= 0.6 is 11.8 Å². The summed E-state index contributed by atoms with van der Waals surface area (Å²) < 4.78 is 23.3. The molecule has 2 aromatic carbocycles. The Kier molecular flexibility index (Phi) is 13.7. The molecule has 0 radical (unpaired) electrons. The number of carbonyl (C=O) groups excluding carboxylic acids is 5. The minimum Gasteiger partial charge on any atom is -0.497 e. The quantitative estimate of drug-likeness (QED) is 0.221. The number of amides is 2. The second-order valence-electron chi connectivity index (χ2n) is 14.0. The molecule has 1 N–H and O–H groups in total. The summed E-state index contributed by atoms with van der Waals surface area (Å²) in [5.41, 5.74) is 0.0615. The molecule has 1 aliphatic heterocycles. The maximum atomic E-state index is 14.8. The van der Waals surface area contributed by atoms with Crippen molar-refractivity contribution in [3.05, 3.63) is 65.7 Å². The zero-order chi connectivity index (χ0) is 36.6. The Morgan fingerprint density at radius 1 is 0.755 bits per heavy atom. The van der Waals surface area contributed by atoms with Gasteiger partial charge in [-0.25, -0.2) is 0 Å². The van der Waals surface area contributed by atoms with Crippen LogP contribution in [0, 0.1) is 17.8 Å². The number of methoxy groups -OCH3 is 1. The number of hydrogen-bond acceptors (Lipinski definition) is 10. The van der Waals surface area contributed by atoms with Gasteiger partial charge >= 0.3 is 17.9 Å². The molecule has 0 aromatic heterocycles. The van der Waals surface area contributed by atoms with Crippen molar-refractivity contribution in [2.75, 3.05) is 12.9 Å². The van der Waals surface area contributed by atoms with Gasteiger partial charge in [-0.3, -0.25) is 24.0 Å². The van der Waals surface area contributed by atoms with Crippen molar-refractivity contribution < 1.29 is 42.9 Å². The van der Waals surface area contributed by atoms with E-state index in [4.69, 9.17) is 18.9 Å². The number of benzene rings is 2. The van der Waals surface area contributed by atoms with Crippen LogP contribution in [-0.4, -0.2) is 76.7 Å². The van der Waals surface area contributed by atoms with E-state index >= 15 is 0 Å². The number of rotatable bonds is 12. The number of ether oxygens (including phenoxy) is 4. The van der Waals surface area contributed by atoms with Crippen molar-refractivity contribution in [3.8, 4) is 5.75 Å². The lowest BCUT2D eigenvalue weighted by atomic mass is 9.98. The molecule has 5 atom stereocenters. The number of nitrogens with zero attached hydrogens (tertiary/aromatic N) is 1. The number of esters is 3. The summed E-state index contributed by atoms with van der Waals surface area (Å²) in [6.07, 6.45) is -3.64. The van der Waals surface area contributed by atoms with E-state index in [9.17, 15) is 24.0 Å². The molecule has 12 heteroatoms. The van der Waals surface area contributed by atoms with E-state index in [-0.39, 0.29) is 11.3 Å². The van der Waals surface area contributed by atoms with E-state index in [1.165, 1.54) is 23.8 Å². The van der Waals surface area contributed by atoms with Gasteiger partial charge in [0.25, 0.3) is 5.91 Å². The molecule has 1 heterocycles. The summed E-state index contributed by atoms with van der Waals surface area (Å²) >= 11 is 1.18. The zero-order valence-corrected chi connectivity index (χ0v) is 30.9. The summed E-state index contributed by atoms with van der Waals surface area (Å²) in [5, 5.41) is 1.94. The Morgan fingerprint density at radius 2 is 1.27 bits per heavy atom. The molecule has 0 unspecified atom stereocenters. The maximum absolute atomic E-state index is 14.8. The van der Waals surface area contributed by atoms with Gasteiger partial charge in [-0.05, 0) is 50.6 Å². The second-order valence-corrected chi connectivity index (χ2v) is 15.1. The Morgan fingerprint density at radius 3 is 1.76 bits per heavy atom. The molecule has 2 amide bonds. The highest BCUT2D eigenvalue weighted by Crippen LogP contribution is 2.40. The largest absolute Gasteiger partial charge is 0.497 e. The number of hydrogen-bond donors (Lipinski definition) is 1. The molecule has 0 aliphatic carbocycles. The second kappa shape index (κ2) is 17.0. The van der Waals surface area contributed by atoms with Crippen molar-refractivity contribution in [1.82, 2.24) is 10.2 Å². The topological polar surface area (TPSA) is 138 Å². The fourth-order valence-corrected chi connectivity index (χ4v) is 6.39. The minimum absolute atomic E-state index is 0.0731. The summed E-state index contributed by atoms with van der Waals surface area (Å²) in [4.78, 5) is 70.0. The molecule has 268 valence electrons. The van der Waals surface area contributed by atoms with Crippen molar-refractivity contribution in [3.63, 3.8) is 0 Å². The normalized spacial score (nSPS) is 19.9. The van der Waals surface area contributed by atoms with Gasteiger partial charge in [-0.1, -0.05) is 71.9 Å². The van der Waals surface area contributed by atoms with Gasteiger partial charge in [0.2, 0.25) is 5.91 Å². The Labute approximate surface area is 293 Å². The van der Waals surface area contributed by atoms with E-state index in [1.54, 1.807) is 96.1 Å². The number of carbonyl (C=O) groups is 5. The van der Waals surface area contributed by atoms with E-state index in [2.05, 4.69) is 5.32 Å². The van der Waals surface area contributed by atoms with Crippen LogP contribution in [0.1, 0.15) is 84.3 Å². The predicted octanol–water partition coefficient (Wildman–Crippen LogP) is 5.57. The van der Waals surface area contributed by atoms with Gasteiger partial charge in [0.05, 0.1) is 24.9 Å². The van der Waals surface area contributed by atoms with Crippen molar-refractivity contribution in [2.45, 2.75) is 97.6 Å². The number of nitrogens with one attached hydrogen (secondary N) is 1. The van der Waals surface area contributed by atoms with Crippen LogP contribution in [-0.2, 0) is 33.4 Å². The average molecular weight is 699 g/mol. The lowest BCUT2D eigenvalue weighted by Gasteiger charge is -2.47. The van der Waals surface area contributed by atoms with Gasteiger partial charge in [-0.15, -0.1) is 11.8 Å². The first kappa shape index (κ1) is 39.4. The molecule has 0 spiro atoms. The van der Waals surface area contributed by atoms with E-state index in [0.717, 1.165) is 0 Å². The van der Waals surface area contributed by atoms with Crippen molar-refractivity contribution >= 4 is 41.5 Å². The third-order valence-electron chi connectivity index (χ3n) is 7.57. The lowest BCUT2D eigenvalue weighted by molar-refractivity contribution is -0.192. The molecule has 11 nitrogen and oxygen atoms in total. The predicted molar refractivity (Wildman–Crippen MR) is 187 cm³/mol. The first-order valence-corrected chi connectivity index (χ1v) is 17.6. The molecule has 3 rings (SSSR count). The smallest absolute Gasteiger partial charge is 0.308 e. The van der Waals surface area contributed by atoms with Crippen LogP contribution in [0.3, 0.4) is 0 Å². The maximum Gasteiger partial charge on any atom is 0.308 e. The molecule has 1 saturated heterocycles. The zero-order valence-electron chi connectivity index (χ0n) is 30.1. The Bertz CT molecular complexity index is 1450. The number of thioether (sulfide) groups is 1. The molecule has 1 aliphatic rings. The fourth-order valence-electron chi connectivity index (χ4n) is 4.96. The molecule has 0 bridgehead atoms. The molecule has 1 fully saturated rings. The third kappa shape index (κ3) is 10.5. The standard InChI is InChI=1S/C37H50N2O9S/c1-21(2)34(42)46-27-20-49-33(30(48-36(44)23(5)6)29(27)47-35(43)22(3)4)39(32(41)25-14-12-11-13-15-25)28(31(40)38-37(7,8)9)24-16-18-26(45-10)19-17-24/h11-19,21-23,27-30,33H,20H2,1-10H3,(H,38,40)/t27-,28-,29+,30-,33-/m1/s1. The van der Waals surface area contributed by atoms with Gasteiger partial charge < -0.3 is 29.2 Å². The van der Waals surface area contributed by atoms with Gasteiger partial charge in [0.1, 0.15) is 17.2 Å². The third-order valence-corrected chi connectivity index (χ3v) is 8.93. The summed E-state index contributed by atoms with van der Waals surface area (Å²) in [6, 6.07) is 14.0. The summed E-state index contributed by atoms with van der Waals surface area (Å²) in [5.74, 6) is -3.79. The lowest BCUT2D eigenvalue weighted by Crippen LogP contribution is -2.62. The van der Waals surface area contributed by atoms with Crippen LogP contribution in [0.5, 0.6) is 5.75 Å². The highest BCUT2D eigenvalue weighted by atomic mass is 32.2. The first-order valence-electron chi connectivity index (χ1n) is 16.5. The van der Waals surface area contributed by atoms with Gasteiger partial charge in [0, 0.05) is 16.9 Å². The molecular weight excluding hydrogens is 648 g/mol.